The van der Waals surface area contributed by atoms with Gasteiger partial charge in [0.1, 0.15) is 0 Å². The van der Waals surface area contributed by atoms with E-state index in [1.165, 1.54) is 6.07 Å². The molecule has 4 nitrogen and oxygen atoms in total. The SMILES string of the molecule is CC(C)(C)C1CCC(C(=O)OC(C(=O)Nc2ccc(Cl)cc2C(F)(F)F)c2ccccc2)CC1. The Hall–Kier alpha value is -2.54. The van der Waals surface area contributed by atoms with Gasteiger partial charge in [-0.3, -0.25) is 9.59 Å². The number of carbonyl (C=O) groups is 2. The summed E-state index contributed by atoms with van der Waals surface area (Å²) in [6.07, 6.45) is -3.04. The van der Waals surface area contributed by atoms with Crippen molar-refractivity contribution < 1.29 is 27.5 Å². The van der Waals surface area contributed by atoms with Gasteiger partial charge in [-0.05, 0) is 55.2 Å². The van der Waals surface area contributed by atoms with Gasteiger partial charge in [-0.1, -0.05) is 62.7 Å². The van der Waals surface area contributed by atoms with E-state index in [9.17, 15) is 22.8 Å². The van der Waals surface area contributed by atoms with Crippen LogP contribution in [0.25, 0.3) is 0 Å². The molecule has 0 heterocycles. The van der Waals surface area contributed by atoms with Gasteiger partial charge < -0.3 is 10.1 Å². The van der Waals surface area contributed by atoms with E-state index in [0.717, 1.165) is 25.0 Å². The summed E-state index contributed by atoms with van der Waals surface area (Å²) in [5, 5.41) is 2.17. The van der Waals surface area contributed by atoms with Crippen molar-refractivity contribution in [3.05, 3.63) is 64.7 Å². The second-order valence-corrected chi connectivity index (χ2v) is 10.3. The summed E-state index contributed by atoms with van der Waals surface area (Å²) < 4.78 is 46.0. The first-order chi connectivity index (χ1) is 15.9. The lowest BCUT2D eigenvalue weighted by molar-refractivity contribution is -0.160. The van der Waals surface area contributed by atoms with Crippen molar-refractivity contribution >= 4 is 29.2 Å². The summed E-state index contributed by atoms with van der Waals surface area (Å²) in [7, 11) is 0. The molecule has 34 heavy (non-hydrogen) atoms. The second-order valence-electron chi connectivity index (χ2n) is 9.82. The Morgan fingerprint density at radius 2 is 1.62 bits per heavy atom. The van der Waals surface area contributed by atoms with Crippen LogP contribution in [0.2, 0.25) is 5.02 Å². The number of benzene rings is 2. The van der Waals surface area contributed by atoms with E-state index in [1.807, 2.05) is 0 Å². The van der Waals surface area contributed by atoms with Gasteiger partial charge in [0.2, 0.25) is 6.10 Å². The molecular formula is C26H29ClF3NO3. The van der Waals surface area contributed by atoms with Gasteiger partial charge in [0.15, 0.2) is 0 Å². The Labute approximate surface area is 202 Å². The number of esters is 1. The molecule has 0 spiro atoms. The molecule has 1 aliphatic rings. The highest BCUT2D eigenvalue weighted by Gasteiger charge is 2.37. The minimum absolute atomic E-state index is 0.109. The first-order valence-corrected chi connectivity index (χ1v) is 11.7. The second kappa shape index (κ2) is 10.4. The van der Waals surface area contributed by atoms with Gasteiger partial charge >= 0.3 is 12.1 Å². The van der Waals surface area contributed by atoms with E-state index in [4.69, 9.17) is 16.3 Å². The Kier molecular flexibility index (Phi) is 7.96. The quantitative estimate of drug-likeness (QED) is 0.439. The highest BCUT2D eigenvalue weighted by Crippen LogP contribution is 2.41. The first-order valence-electron chi connectivity index (χ1n) is 11.3. The summed E-state index contributed by atoms with van der Waals surface area (Å²) in [6, 6.07) is 11.3. The maximum atomic E-state index is 13.5. The number of rotatable bonds is 5. The lowest BCUT2D eigenvalue weighted by atomic mass is 9.70. The van der Waals surface area contributed by atoms with Gasteiger partial charge in [-0.2, -0.15) is 13.2 Å². The molecule has 0 aliphatic heterocycles. The molecule has 1 N–H and O–H groups in total. The first kappa shape index (κ1) is 26.1. The zero-order valence-electron chi connectivity index (χ0n) is 19.4. The van der Waals surface area contributed by atoms with Crippen molar-refractivity contribution in [2.24, 2.45) is 17.3 Å². The number of anilines is 1. The molecule has 0 saturated heterocycles. The van der Waals surface area contributed by atoms with Crippen LogP contribution in [-0.4, -0.2) is 11.9 Å². The molecule has 1 unspecified atom stereocenters. The van der Waals surface area contributed by atoms with E-state index >= 15 is 0 Å². The smallest absolute Gasteiger partial charge is 0.418 e. The van der Waals surface area contributed by atoms with Gasteiger partial charge in [-0.25, -0.2) is 0 Å². The summed E-state index contributed by atoms with van der Waals surface area (Å²) in [6.45, 7) is 6.54. The van der Waals surface area contributed by atoms with Crippen molar-refractivity contribution in [3.63, 3.8) is 0 Å². The fourth-order valence-electron chi connectivity index (χ4n) is 4.37. The molecule has 3 rings (SSSR count). The van der Waals surface area contributed by atoms with Crippen molar-refractivity contribution in [2.75, 3.05) is 5.32 Å². The average Bonchev–Trinajstić information content (AvgIpc) is 2.77. The van der Waals surface area contributed by atoms with Gasteiger partial charge in [0, 0.05) is 10.6 Å². The summed E-state index contributed by atoms with van der Waals surface area (Å²) >= 11 is 5.73. The molecule has 1 aliphatic carbocycles. The summed E-state index contributed by atoms with van der Waals surface area (Å²) in [4.78, 5) is 26.1. The number of hydrogen-bond donors (Lipinski definition) is 1. The van der Waals surface area contributed by atoms with Crippen LogP contribution in [0.4, 0.5) is 18.9 Å². The lowest BCUT2D eigenvalue weighted by Gasteiger charge is -2.36. The van der Waals surface area contributed by atoms with Gasteiger partial charge in [-0.15, -0.1) is 0 Å². The van der Waals surface area contributed by atoms with Crippen LogP contribution in [0.1, 0.15) is 63.7 Å². The minimum atomic E-state index is -4.72. The Morgan fingerprint density at radius 1 is 1.00 bits per heavy atom. The largest absolute Gasteiger partial charge is 0.447 e. The molecule has 1 fully saturated rings. The molecule has 0 aromatic heterocycles. The number of hydrogen-bond acceptors (Lipinski definition) is 3. The Balaban J connectivity index is 1.79. The summed E-state index contributed by atoms with van der Waals surface area (Å²) in [5.74, 6) is -1.23. The van der Waals surface area contributed by atoms with E-state index in [1.54, 1.807) is 30.3 Å². The minimum Gasteiger partial charge on any atom is -0.447 e. The maximum Gasteiger partial charge on any atom is 0.418 e. The Bertz CT molecular complexity index is 1010. The molecule has 0 radical (unpaired) electrons. The normalized spacial score (nSPS) is 19.9. The zero-order valence-corrected chi connectivity index (χ0v) is 20.2. The number of halogens is 4. The number of ether oxygens (including phenoxy) is 1. The molecule has 184 valence electrons. The fraction of sp³-hybridized carbons (Fsp3) is 0.462. The molecule has 1 amide bonds. The van der Waals surface area contributed by atoms with Crippen LogP contribution < -0.4 is 5.32 Å². The van der Waals surface area contributed by atoms with E-state index in [0.29, 0.717) is 24.3 Å². The van der Waals surface area contributed by atoms with Crippen LogP contribution >= 0.6 is 11.6 Å². The van der Waals surface area contributed by atoms with Crippen molar-refractivity contribution in [1.82, 2.24) is 0 Å². The zero-order chi connectivity index (χ0) is 25.1. The third kappa shape index (κ3) is 6.53. The topological polar surface area (TPSA) is 55.4 Å². The van der Waals surface area contributed by atoms with E-state index < -0.39 is 35.4 Å². The van der Waals surface area contributed by atoms with E-state index in [-0.39, 0.29) is 16.4 Å². The standard InChI is InChI=1S/C26H29ClF3NO3/c1-25(2,3)18-11-9-17(10-12-18)24(33)34-22(16-7-5-4-6-8-16)23(32)31-21-14-13-19(27)15-20(21)26(28,29)30/h4-8,13-15,17-18,22H,9-12H2,1-3H3,(H,31,32). The third-order valence-corrected chi connectivity index (χ3v) is 6.64. The number of amides is 1. The molecule has 2 aromatic carbocycles. The number of alkyl halides is 3. The Morgan fingerprint density at radius 3 is 2.18 bits per heavy atom. The third-order valence-electron chi connectivity index (χ3n) is 6.40. The van der Waals surface area contributed by atoms with Crippen molar-refractivity contribution in [2.45, 2.75) is 58.7 Å². The maximum absolute atomic E-state index is 13.5. The molecule has 1 saturated carbocycles. The van der Waals surface area contributed by atoms with Crippen LogP contribution in [0.5, 0.6) is 0 Å². The molecule has 8 heteroatoms. The van der Waals surface area contributed by atoms with Gasteiger partial charge in [0.05, 0.1) is 17.2 Å². The van der Waals surface area contributed by atoms with Crippen LogP contribution in [0.3, 0.4) is 0 Å². The fourth-order valence-corrected chi connectivity index (χ4v) is 4.54. The highest BCUT2D eigenvalue weighted by atomic mass is 35.5. The highest BCUT2D eigenvalue weighted by molar-refractivity contribution is 6.30. The summed E-state index contributed by atoms with van der Waals surface area (Å²) in [5.41, 5.74) is -1.01. The average molecular weight is 496 g/mol. The van der Waals surface area contributed by atoms with Crippen molar-refractivity contribution in [1.29, 1.82) is 0 Å². The van der Waals surface area contributed by atoms with Crippen LogP contribution in [0, 0.1) is 17.3 Å². The van der Waals surface area contributed by atoms with Crippen LogP contribution in [-0.2, 0) is 20.5 Å². The molecule has 1 atom stereocenters. The van der Waals surface area contributed by atoms with Crippen LogP contribution in [0.15, 0.2) is 48.5 Å². The van der Waals surface area contributed by atoms with E-state index in [2.05, 4.69) is 26.1 Å². The molecule has 2 aromatic rings. The molecular weight excluding hydrogens is 467 g/mol. The number of carbonyl (C=O) groups excluding carboxylic acids is 2. The predicted molar refractivity (Wildman–Crippen MR) is 125 cm³/mol. The monoisotopic (exact) mass is 495 g/mol. The molecule has 0 bridgehead atoms. The lowest BCUT2D eigenvalue weighted by Crippen LogP contribution is -2.32. The predicted octanol–water partition coefficient (Wildman–Crippen LogP) is 7.43. The number of nitrogens with one attached hydrogen (secondary N) is 1. The van der Waals surface area contributed by atoms with Crippen molar-refractivity contribution in [3.8, 4) is 0 Å². The van der Waals surface area contributed by atoms with Gasteiger partial charge in [0.25, 0.3) is 5.91 Å².